The van der Waals surface area contributed by atoms with Crippen molar-refractivity contribution in [3.8, 4) is 11.5 Å². The van der Waals surface area contributed by atoms with Crippen LogP contribution in [0.1, 0.15) is 32.4 Å². The molecule has 5 heteroatoms. The van der Waals surface area contributed by atoms with Gasteiger partial charge in [0.25, 0.3) is 0 Å². The summed E-state index contributed by atoms with van der Waals surface area (Å²) >= 11 is 6.04. The fraction of sp³-hybridized carbons (Fsp3) is 0.400. The van der Waals surface area contributed by atoms with E-state index in [-0.39, 0.29) is 6.04 Å². The molecule has 1 atom stereocenters. The molecule has 108 valence electrons. The molecule has 0 bridgehead atoms. The van der Waals surface area contributed by atoms with Gasteiger partial charge in [0.15, 0.2) is 5.75 Å². The van der Waals surface area contributed by atoms with Gasteiger partial charge in [0, 0.05) is 17.1 Å². The van der Waals surface area contributed by atoms with E-state index in [9.17, 15) is 0 Å². The minimum absolute atomic E-state index is 0.0666. The molecule has 1 aromatic carbocycles. The van der Waals surface area contributed by atoms with Crippen LogP contribution in [-0.2, 0) is 6.42 Å². The second-order valence-corrected chi connectivity index (χ2v) is 5.72. The van der Waals surface area contributed by atoms with E-state index >= 15 is 0 Å². The van der Waals surface area contributed by atoms with E-state index < -0.39 is 0 Å². The number of nitrogens with two attached hydrogens (primary N) is 1. The van der Waals surface area contributed by atoms with Crippen LogP contribution in [0.5, 0.6) is 11.5 Å². The summed E-state index contributed by atoms with van der Waals surface area (Å²) in [5.74, 6) is 1.44. The molecule has 0 saturated carbocycles. The molecule has 4 nitrogen and oxygen atoms in total. The molecule has 0 aliphatic heterocycles. The van der Waals surface area contributed by atoms with E-state index in [1.54, 1.807) is 6.20 Å². The van der Waals surface area contributed by atoms with Crippen molar-refractivity contribution < 1.29 is 4.74 Å². The van der Waals surface area contributed by atoms with Crippen LogP contribution in [0, 0.1) is 0 Å². The number of rotatable bonds is 5. The predicted molar refractivity (Wildman–Crippen MR) is 81.5 cm³/mol. The Bertz CT molecular complexity index is 578. The number of aromatic nitrogens is 2. The maximum Gasteiger partial charge on any atom is 0.165 e. The number of nitrogens with zero attached hydrogens (tertiary/aromatic N) is 2. The molecule has 1 aromatic heterocycles. The van der Waals surface area contributed by atoms with Crippen molar-refractivity contribution in [3.05, 3.63) is 41.2 Å². The van der Waals surface area contributed by atoms with Gasteiger partial charge in [-0.25, -0.2) is 0 Å². The first-order valence-corrected chi connectivity index (χ1v) is 7.09. The van der Waals surface area contributed by atoms with Crippen molar-refractivity contribution >= 4 is 11.6 Å². The van der Waals surface area contributed by atoms with E-state index in [1.165, 1.54) is 0 Å². The zero-order valence-corrected chi connectivity index (χ0v) is 12.8. The second kappa shape index (κ2) is 6.29. The molecule has 0 aliphatic carbocycles. The summed E-state index contributed by atoms with van der Waals surface area (Å²) in [7, 11) is 0. The van der Waals surface area contributed by atoms with Crippen molar-refractivity contribution in [2.24, 2.45) is 5.73 Å². The number of halogens is 1. The lowest BCUT2D eigenvalue weighted by atomic mass is 10.1. The smallest absolute Gasteiger partial charge is 0.165 e. The quantitative estimate of drug-likeness (QED) is 0.912. The molecular formula is C15H20ClN3O. The third-order valence-electron chi connectivity index (χ3n) is 2.91. The lowest BCUT2D eigenvalue weighted by Crippen LogP contribution is -2.18. The molecule has 0 saturated heterocycles. The third kappa shape index (κ3) is 3.74. The molecule has 1 heterocycles. The molecule has 0 amide bonds. The Balaban J connectivity index is 2.24. The van der Waals surface area contributed by atoms with Crippen molar-refractivity contribution in [3.63, 3.8) is 0 Å². The van der Waals surface area contributed by atoms with Crippen molar-refractivity contribution in [1.29, 1.82) is 0 Å². The second-order valence-electron chi connectivity index (χ2n) is 5.29. The Morgan fingerprint density at radius 2 is 2.10 bits per heavy atom. The van der Waals surface area contributed by atoms with Crippen LogP contribution in [0.4, 0.5) is 0 Å². The summed E-state index contributed by atoms with van der Waals surface area (Å²) in [4.78, 5) is 0. The number of ether oxygens (including phenoxy) is 1. The van der Waals surface area contributed by atoms with Gasteiger partial charge in [-0.2, -0.15) is 5.10 Å². The van der Waals surface area contributed by atoms with Crippen LogP contribution in [0.2, 0.25) is 5.02 Å². The van der Waals surface area contributed by atoms with Gasteiger partial charge in [-0.15, -0.1) is 0 Å². The Labute approximate surface area is 124 Å². The van der Waals surface area contributed by atoms with Gasteiger partial charge in [-0.3, -0.25) is 4.68 Å². The summed E-state index contributed by atoms with van der Waals surface area (Å²) in [6, 6.07) is 5.98. The van der Waals surface area contributed by atoms with Crippen LogP contribution in [-0.4, -0.2) is 15.8 Å². The SMILES string of the molecule is CC(N)Cc1ccc(Cl)cc1Oc1cnn(C(C)C)c1. The molecular weight excluding hydrogens is 274 g/mol. The van der Waals surface area contributed by atoms with E-state index in [1.807, 2.05) is 36.0 Å². The van der Waals surface area contributed by atoms with Gasteiger partial charge in [0.05, 0.1) is 12.4 Å². The van der Waals surface area contributed by atoms with Crippen LogP contribution in [0.15, 0.2) is 30.6 Å². The maximum absolute atomic E-state index is 6.04. The summed E-state index contributed by atoms with van der Waals surface area (Å²) in [5.41, 5.74) is 6.91. The summed E-state index contributed by atoms with van der Waals surface area (Å²) < 4.78 is 7.75. The molecule has 0 radical (unpaired) electrons. The predicted octanol–water partition coefficient (Wildman–Crippen LogP) is 3.80. The zero-order chi connectivity index (χ0) is 14.7. The Morgan fingerprint density at radius 1 is 1.35 bits per heavy atom. The van der Waals surface area contributed by atoms with E-state index in [0.29, 0.717) is 16.8 Å². The first kappa shape index (κ1) is 14.9. The molecule has 0 fully saturated rings. The Kier molecular flexibility index (Phi) is 4.68. The molecule has 0 aliphatic rings. The highest BCUT2D eigenvalue weighted by Gasteiger charge is 2.10. The molecule has 2 N–H and O–H groups in total. The van der Waals surface area contributed by atoms with E-state index in [0.717, 1.165) is 17.7 Å². The van der Waals surface area contributed by atoms with Crippen molar-refractivity contribution in [2.45, 2.75) is 39.3 Å². The molecule has 2 rings (SSSR count). The summed E-state index contributed by atoms with van der Waals surface area (Å²) in [6.45, 7) is 6.10. The van der Waals surface area contributed by atoms with E-state index in [4.69, 9.17) is 22.1 Å². The minimum Gasteiger partial charge on any atom is -0.454 e. The zero-order valence-electron chi connectivity index (χ0n) is 12.0. The van der Waals surface area contributed by atoms with E-state index in [2.05, 4.69) is 18.9 Å². The number of hydrogen-bond donors (Lipinski definition) is 1. The van der Waals surface area contributed by atoms with Crippen molar-refractivity contribution in [1.82, 2.24) is 9.78 Å². The van der Waals surface area contributed by atoms with Gasteiger partial charge < -0.3 is 10.5 Å². The molecule has 0 spiro atoms. The Morgan fingerprint density at radius 3 is 2.70 bits per heavy atom. The average molecular weight is 294 g/mol. The number of benzene rings is 1. The molecule has 1 unspecified atom stereocenters. The maximum atomic E-state index is 6.04. The van der Waals surface area contributed by atoms with Crippen LogP contribution in [0.25, 0.3) is 0 Å². The largest absolute Gasteiger partial charge is 0.454 e. The molecule has 20 heavy (non-hydrogen) atoms. The van der Waals surface area contributed by atoms with Crippen LogP contribution < -0.4 is 10.5 Å². The van der Waals surface area contributed by atoms with Gasteiger partial charge in [0.1, 0.15) is 5.75 Å². The third-order valence-corrected chi connectivity index (χ3v) is 3.14. The van der Waals surface area contributed by atoms with Gasteiger partial charge in [-0.05, 0) is 44.9 Å². The monoisotopic (exact) mass is 293 g/mol. The first-order valence-electron chi connectivity index (χ1n) is 6.71. The molecule has 2 aromatic rings. The topological polar surface area (TPSA) is 53.1 Å². The lowest BCUT2D eigenvalue weighted by Gasteiger charge is -2.12. The van der Waals surface area contributed by atoms with Crippen LogP contribution >= 0.6 is 11.6 Å². The van der Waals surface area contributed by atoms with Crippen molar-refractivity contribution in [2.75, 3.05) is 0 Å². The highest BCUT2D eigenvalue weighted by molar-refractivity contribution is 6.30. The van der Waals surface area contributed by atoms with Gasteiger partial charge in [-0.1, -0.05) is 17.7 Å². The average Bonchev–Trinajstić information content (AvgIpc) is 2.81. The summed E-state index contributed by atoms with van der Waals surface area (Å²) in [6.07, 6.45) is 4.32. The Hall–Kier alpha value is -1.52. The minimum atomic E-state index is 0.0666. The highest BCUT2D eigenvalue weighted by Crippen LogP contribution is 2.29. The highest BCUT2D eigenvalue weighted by atomic mass is 35.5. The fourth-order valence-electron chi connectivity index (χ4n) is 1.92. The number of hydrogen-bond acceptors (Lipinski definition) is 3. The van der Waals surface area contributed by atoms with Gasteiger partial charge >= 0.3 is 0 Å². The lowest BCUT2D eigenvalue weighted by molar-refractivity contribution is 0.469. The van der Waals surface area contributed by atoms with Crippen LogP contribution in [0.3, 0.4) is 0 Å². The van der Waals surface area contributed by atoms with Gasteiger partial charge in [0.2, 0.25) is 0 Å². The first-order chi connectivity index (χ1) is 9.45. The normalized spacial score (nSPS) is 12.7. The standard InChI is InChI=1S/C15H20ClN3O/c1-10(2)19-9-14(8-18-19)20-15-7-13(16)5-4-12(15)6-11(3)17/h4-5,7-11H,6,17H2,1-3H3. The fourth-order valence-corrected chi connectivity index (χ4v) is 2.08. The summed E-state index contributed by atoms with van der Waals surface area (Å²) in [5, 5.41) is 4.90.